The Bertz CT molecular complexity index is 172. The van der Waals surface area contributed by atoms with Crippen LogP contribution in [0.4, 0.5) is 0 Å². The Morgan fingerprint density at radius 1 is 1.33 bits per heavy atom. The summed E-state index contributed by atoms with van der Waals surface area (Å²) in [7, 11) is 0. The molecule has 0 saturated heterocycles. The van der Waals surface area contributed by atoms with Crippen molar-refractivity contribution in [3.63, 3.8) is 0 Å². The molecule has 1 aliphatic carbocycles. The maximum Gasteiger partial charge on any atom is 0.133 e. The van der Waals surface area contributed by atoms with Gasteiger partial charge in [-0.1, -0.05) is 20.8 Å². The molecule has 0 bridgehead atoms. The van der Waals surface area contributed by atoms with Crippen LogP contribution < -0.4 is 0 Å². The summed E-state index contributed by atoms with van der Waals surface area (Å²) in [6.07, 6.45) is 2.50. The lowest BCUT2D eigenvalue weighted by molar-refractivity contribution is -0.123. The first-order valence-corrected chi connectivity index (χ1v) is 5.04. The van der Waals surface area contributed by atoms with Gasteiger partial charge in [-0.25, -0.2) is 0 Å². The maximum atomic E-state index is 11.4. The van der Waals surface area contributed by atoms with E-state index in [1.807, 2.05) is 0 Å². The highest BCUT2D eigenvalue weighted by Crippen LogP contribution is 2.41. The Morgan fingerprint density at radius 3 is 2.25 bits per heavy atom. The van der Waals surface area contributed by atoms with Gasteiger partial charge in [-0.2, -0.15) is 0 Å². The van der Waals surface area contributed by atoms with Crippen molar-refractivity contribution in [1.29, 1.82) is 0 Å². The SMILES string of the molecule is CC(=O)[C@@H]1[C@@H](C)CC[C@H]1C(C)C. The fraction of sp³-hybridized carbons (Fsp3) is 0.909. The minimum atomic E-state index is 0.352. The normalized spacial score (nSPS) is 35.9. The second-order valence-corrected chi connectivity index (χ2v) is 4.60. The Morgan fingerprint density at radius 2 is 1.92 bits per heavy atom. The van der Waals surface area contributed by atoms with Crippen LogP contribution in [0.25, 0.3) is 0 Å². The van der Waals surface area contributed by atoms with Gasteiger partial charge in [0.25, 0.3) is 0 Å². The molecule has 1 nitrogen and oxygen atoms in total. The first-order valence-electron chi connectivity index (χ1n) is 5.04. The highest BCUT2D eigenvalue weighted by Gasteiger charge is 2.37. The molecule has 3 atom stereocenters. The second-order valence-electron chi connectivity index (χ2n) is 4.60. The molecule has 0 spiro atoms. The summed E-state index contributed by atoms with van der Waals surface area (Å²) in [6.45, 7) is 8.44. The van der Waals surface area contributed by atoms with Gasteiger partial charge in [0.1, 0.15) is 5.78 Å². The molecule has 0 aliphatic heterocycles. The van der Waals surface area contributed by atoms with Crippen molar-refractivity contribution in [2.45, 2.75) is 40.5 Å². The van der Waals surface area contributed by atoms with Crippen molar-refractivity contribution in [2.75, 3.05) is 0 Å². The zero-order valence-corrected chi connectivity index (χ0v) is 8.63. The standard InChI is InChI=1S/C11H20O/c1-7(2)10-6-5-8(3)11(10)9(4)12/h7-8,10-11H,5-6H2,1-4H3/t8-,10-,11-/m0/s1. The fourth-order valence-electron chi connectivity index (χ4n) is 2.69. The summed E-state index contributed by atoms with van der Waals surface area (Å²) >= 11 is 0. The van der Waals surface area contributed by atoms with Crippen LogP contribution in [-0.2, 0) is 4.79 Å². The van der Waals surface area contributed by atoms with E-state index in [2.05, 4.69) is 20.8 Å². The van der Waals surface area contributed by atoms with Gasteiger partial charge in [0.05, 0.1) is 0 Å². The highest BCUT2D eigenvalue weighted by molar-refractivity contribution is 5.79. The lowest BCUT2D eigenvalue weighted by Crippen LogP contribution is -2.24. The number of hydrogen-bond acceptors (Lipinski definition) is 1. The topological polar surface area (TPSA) is 17.1 Å². The number of carbonyl (C=O) groups excluding carboxylic acids is 1. The van der Waals surface area contributed by atoms with Crippen molar-refractivity contribution >= 4 is 5.78 Å². The van der Waals surface area contributed by atoms with Crippen LogP contribution in [0.2, 0.25) is 0 Å². The third kappa shape index (κ3) is 1.70. The number of hydrogen-bond donors (Lipinski definition) is 0. The van der Waals surface area contributed by atoms with Gasteiger partial charge < -0.3 is 0 Å². The minimum Gasteiger partial charge on any atom is -0.300 e. The lowest BCUT2D eigenvalue weighted by atomic mass is 9.81. The van der Waals surface area contributed by atoms with E-state index in [4.69, 9.17) is 0 Å². The molecular weight excluding hydrogens is 148 g/mol. The zero-order valence-electron chi connectivity index (χ0n) is 8.63. The third-order valence-electron chi connectivity index (χ3n) is 3.36. The molecule has 0 heterocycles. The molecule has 0 unspecified atom stereocenters. The van der Waals surface area contributed by atoms with Crippen LogP contribution in [0, 0.1) is 23.7 Å². The van der Waals surface area contributed by atoms with Gasteiger partial charge in [0.2, 0.25) is 0 Å². The number of Topliss-reactive ketones (excluding diaryl/α,β-unsaturated/α-hetero) is 1. The Kier molecular flexibility index (Phi) is 2.92. The van der Waals surface area contributed by atoms with Gasteiger partial charge >= 0.3 is 0 Å². The molecule has 1 fully saturated rings. The van der Waals surface area contributed by atoms with E-state index < -0.39 is 0 Å². The molecule has 12 heavy (non-hydrogen) atoms. The average molecular weight is 168 g/mol. The summed E-state index contributed by atoms with van der Waals surface area (Å²) in [5.74, 6) is 2.69. The molecule has 0 aromatic carbocycles. The zero-order chi connectivity index (χ0) is 9.30. The summed E-state index contributed by atoms with van der Waals surface area (Å²) in [6, 6.07) is 0. The molecule has 0 aromatic rings. The predicted molar refractivity (Wildman–Crippen MR) is 50.9 cm³/mol. The largest absolute Gasteiger partial charge is 0.300 e. The quantitative estimate of drug-likeness (QED) is 0.619. The monoisotopic (exact) mass is 168 g/mol. The molecule has 1 heteroatoms. The molecule has 1 saturated carbocycles. The van der Waals surface area contributed by atoms with E-state index in [-0.39, 0.29) is 0 Å². The molecule has 1 rings (SSSR count). The Hall–Kier alpha value is -0.330. The van der Waals surface area contributed by atoms with Crippen LogP contribution in [-0.4, -0.2) is 5.78 Å². The van der Waals surface area contributed by atoms with Gasteiger partial charge in [0, 0.05) is 5.92 Å². The van der Waals surface area contributed by atoms with E-state index >= 15 is 0 Å². The summed E-state index contributed by atoms with van der Waals surface area (Å²) in [5, 5.41) is 0. The van der Waals surface area contributed by atoms with Crippen molar-refractivity contribution in [2.24, 2.45) is 23.7 Å². The fourth-order valence-corrected chi connectivity index (χ4v) is 2.69. The van der Waals surface area contributed by atoms with E-state index in [1.165, 1.54) is 12.8 Å². The molecule has 0 N–H and O–H groups in total. The van der Waals surface area contributed by atoms with E-state index in [9.17, 15) is 4.79 Å². The molecule has 0 radical (unpaired) electrons. The summed E-state index contributed by atoms with van der Waals surface area (Å²) in [4.78, 5) is 11.4. The Balaban J connectivity index is 2.70. The van der Waals surface area contributed by atoms with Crippen molar-refractivity contribution in [3.8, 4) is 0 Å². The van der Waals surface area contributed by atoms with Gasteiger partial charge in [-0.3, -0.25) is 4.79 Å². The average Bonchev–Trinajstić information content (AvgIpc) is 2.30. The van der Waals surface area contributed by atoms with Gasteiger partial charge in [0.15, 0.2) is 0 Å². The van der Waals surface area contributed by atoms with Gasteiger partial charge in [-0.15, -0.1) is 0 Å². The first-order chi connectivity index (χ1) is 5.54. The Labute approximate surface area is 75.5 Å². The number of ketones is 1. The van der Waals surface area contributed by atoms with E-state index in [0.29, 0.717) is 29.5 Å². The van der Waals surface area contributed by atoms with Gasteiger partial charge in [-0.05, 0) is 37.5 Å². The van der Waals surface area contributed by atoms with Crippen LogP contribution in [0.3, 0.4) is 0 Å². The number of carbonyl (C=O) groups is 1. The predicted octanol–water partition coefficient (Wildman–Crippen LogP) is 2.89. The van der Waals surface area contributed by atoms with Crippen molar-refractivity contribution in [3.05, 3.63) is 0 Å². The van der Waals surface area contributed by atoms with Crippen LogP contribution in [0.1, 0.15) is 40.5 Å². The van der Waals surface area contributed by atoms with Crippen LogP contribution in [0.15, 0.2) is 0 Å². The van der Waals surface area contributed by atoms with Crippen LogP contribution >= 0.6 is 0 Å². The first kappa shape index (κ1) is 9.76. The van der Waals surface area contributed by atoms with E-state index in [1.54, 1.807) is 6.92 Å². The van der Waals surface area contributed by atoms with E-state index in [0.717, 1.165) is 0 Å². The van der Waals surface area contributed by atoms with Crippen LogP contribution in [0.5, 0.6) is 0 Å². The number of rotatable bonds is 2. The maximum absolute atomic E-state index is 11.4. The molecule has 70 valence electrons. The van der Waals surface area contributed by atoms with Crippen molar-refractivity contribution < 1.29 is 4.79 Å². The summed E-state index contributed by atoms with van der Waals surface area (Å²) in [5.41, 5.74) is 0. The molecule has 0 amide bonds. The lowest BCUT2D eigenvalue weighted by Gasteiger charge is -2.23. The minimum absolute atomic E-state index is 0.352. The summed E-state index contributed by atoms with van der Waals surface area (Å²) < 4.78 is 0. The third-order valence-corrected chi connectivity index (χ3v) is 3.36. The molecular formula is C11H20O. The highest BCUT2D eigenvalue weighted by atomic mass is 16.1. The second kappa shape index (κ2) is 3.59. The molecule has 0 aromatic heterocycles. The smallest absolute Gasteiger partial charge is 0.133 e. The van der Waals surface area contributed by atoms with Crippen molar-refractivity contribution in [1.82, 2.24) is 0 Å². The molecule has 1 aliphatic rings.